The van der Waals surface area contributed by atoms with Crippen LogP contribution in [-0.4, -0.2) is 83.5 Å². The van der Waals surface area contributed by atoms with Crippen molar-refractivity contribution in [3.8, 4) is 28.1 Å². The summed E-state index contributed by atoms with van der Waals surface area (Å²) < 4.78 is 76.6. The number of nitrogens with zero attached hydrogens (tertiary/aromatic N) is 2. The molecule has 3 heterocycles. The molecule has 2 aliphatic heterocycles. The van der Waals surface area contributed by atoms with Crippen molar-refractivity contribution in [2.75, 3.05) is 32.6 Å². The molecule has 9 nitrogen and oxygen atoms in total. The number of ether oxygens (including phenoxy) is 1. The van der Waals surface area contributed by atoms with Gasteiger partial charge in [0.2, 0.25) is 0 Å². The fourth-order valence-electron chi connectivity index (χ4n) is 5.41. The number of carboxylic acid groups (broad SMARTS) is 1. The van der Waals surface area contributed by atoms with Gasteiger partial charge in [-0.15, -0.1) is 24.8 Å². The molecule has 0 bridgehead atoms. The quantitative estimate of drug-likeness (QED) is 0.205. The number of aromatic nitrogens is 1. The van der Waals surface area contributed by atoms with Gasteiger partial charge in [0.25, 0.3) is 11.8 Å². The van der Waals surface area contributed by atoms with Gasteiger partial charge in [-0.2, -0.15) is 13.2 Å². The Labute approximate surface area is 270 Å². The first-order valence-electron chi connectivity index (χ1n) is 14.4. The molecule has 47 heavy (non-hydrogen) atoms. The predicted octanol–water partition coefficient (Wildman–Crippen LogP) is 6.09. The standard InChI is InChI=1S/C29H30ClF3N4O3.C2HF3O2/c1-36-13-10-21(11-14-36)35-27(38)19-7-5-18(6-8-19)26-24(20-3-2-4-23(15-20)40-29(31,32)33)16-25-28(39)34-17-22(9-12-30)37(25)26;3-2(4,5)1(6)7/h2-8,15-16,21-22H,9-14,17H2,1H3,(H,34,39)(H,35,38);(H,6,7). The highest BCUT2D eigenvalue weighted by Crippen LogP contribution is 2.41. The van der Waals surface area contributed by atoms with E-state index in [0.717, 1.165) is 25.9 Å². The molecule has 1 atom stereocenters. The van der Waals surface area contributed by atoms with E-state index >= 15 is 0 Å². The van der Waals surface area contributed by atoms with Crippen LogP contribution in [0.1, 0.15) is 46.2 Å². The van der Waals surface area contributed by atoms with E-state index in [0.29, 0.717) is 52.5 Å². The summed E-state index contributed by atoms with van der Waals surface area (Å²) in [5.41, 5.74) is 3.30. The van der Waals surface area contributed by atoms with Crippen molar-refractivity contribution in [1.82, 2.24) is 20.1 Å². The summed E-state index contributed by atoms with van der Waals surface area (Å²) in [6, 6.07) is 14.4. The number of halogens is 7. The Kier molecular flexibility index (Phi) is 11.1. The second kappa shape index (κ2) is 14.7. The highest BCUT2D eigenvalue weighted by atomic mass is 35.5. The molecule has 2 amide bonds. The van der Waals surface area contributed by atoms with Gasteiger partial charge in [-0.25, -0.2) is 4.79 Å². The van der Waals surface area contributed by atoms with E-state index in [9.17, 15) is 35.9 Å². The Bertz CT molecular complexity index is 1580. The molecule has 1 fully saturated rings. The summed E-state index contributed by atoms with van der Waals surface area (Å²) in [4.78, 5) is 36.9. The number of hydrogen-bond acceptors (Lipinski definition) is 5. The van der Waals surface area contributed by atoms with Crippen LogP contribution >= 0.6 is 11.6 Å². The number of alkyl halides is 7. The smallest absolute Gasteiger partial charge is 0.475 e. The van der Waals surface area contributed by atoms with Gasteiger partial charge in [0.1, 0.15) is 11.4 Å². The fourth-order valence-corrected chi connectivity index (χ4v) is 5.66. The minimum absolute atomic E-state index is 0.119. The van der Waals surface area contributed by atoms with Crippen molar-refractivity contribution >= 4 is 29.4 Å². The Hall–Kier alpha value is -4.24. The van der Waals surface area contributed by atoms with E-state index in [-0.39, 0.29) is 29.6 Å². The number of aliphatic carboxylic acids is 1. The van der Waals surface area contributed by atoms with Crippen LogP contribution in [0, 0.1) is 0 Å². The number of carboxylic acids is 1. The van der Waals surface area contributed by atoms with Crippen LogP contribution < -0.4 is 15.4 Å². The molecule has 2 aliphatic rings. The van der Waals surface area contributed by atoms with Gasteiger partial charge >= 0.3 is 18.5 Å². The van der Waals surface area contributed by atoms with Gasteiger partial charge in [0, 0.05) is 29.6 Å². The van der Waals surface area contributed by atoms with Gasteiger partial charge in [0.05, 0.1) is 11.7 Å². The Morgan fingerprint density at radius 3 is 2.23 bits per heavy atom. The van der Waals surface area contributed by atoms with Crippen LogP contribution in [0.4, 0.5) is 26.3 Å². The van der Waals surface area contributed by atoms with Gasteiger partial charge in [-0.1, -0.05) is 24.3 Å². The normalized spacial score (nSPS) is 17.2. The molecular formula is C31H31ClF6N4O5. The van der Waals surface area contributed by atoms with Crippen LogP contribution in [0.3, 0.4) is 0 Å². The molecule has 5 rings (SSSR count). The largest absolute Gasteiger partial charge is 0.573 e. The summed E-state index contributed by atoms with van der Waals surface area (Å²) >= 11 is 6.09. The van der Waals surface area contributed by atoms with Gasteiger partial charge in [-0.3, -0.25) is 9.59 Å². The molecule has 1 unspecified atom stereocenters. The molecule has 2 aromatic carbocycles. The van der Waals surface area contributed by atoms with Gasteiger partial charge in [-0.05, 0) is 80.9 Å². The number of rotatable bonds is 7. The zero-order valence-corrected chi connectivity index (χ0v) is 25.7. The van der Waals surface area contributed by atoms with Crippen LogP contribution in [0.5, 0.6) is 5.75 Å². The van der Waals surface area contributed by atoms with Crippen LogP contribution in [0.2, 0.25) is 0 Å². The molecule has 0 spiro atoms. The third-order valence-corrected chi connectivity index (χ3v) is 7.89. The highest BCUT2D eigenvalue weighted by Gasteiger charge is 2.38. The number of amides is 2. The number of benzene rings is 2. The minimum atomic E-state index is -5.08. The Morgan fingerprint density at radius 1 is 1.02 bits per heavy atom. The average Bonchev–Trinajstić information content (AvgIpc) is 3.41. The molecule has 0 radical (unpaired) electrons. The molecule has 0 saturated carbocycles. The summed E-state index contributed by atoms with van der Waals surface area (Å²) in [5, 5.41) is 13.1. The lowest BCUT2D eigenvalue weighted by Crippen LogP contribution is -2.43. The third-order valence-electron chi connectivity index (χ3n) is 7.67. The molecule has 1 saturated heterocycles. The van der Waals surface area contributed by atoms with E-state index in [2.05, 4.69) is 27.3 Å². The van der Waals surface area contributed by atoms with E-state index in [1.54, 1.807) is 36.4 Å². The topological polar surface area (TPSA) is 113 Å². The molecule has 3 N–H and O–H groups in total. The SMILES string of the molecule is CN1CCC(NC(=O)c2ccc(-c3c(-c4cccc(OC(F)(F)F)c4)cc4n3C(CCCl)CNC4=O)cc2)CC1.O=C(O)C(F)(F)F. The van der Waals surface area contributed by atoms with E-state index < -0.39 is 18.5 Å². The van der Waals surface area contributed by atoms with Crippen molar-refractivity contribution in [2.24, 2.45) is 0 Å². The molecule has 254 valence electrons. The lowest BCUT2D eigenvalue weighted by molar-refractivity contribution is -0.274. The van der Waals surface area contributed by atoms with Gasteiger partial charge < -0.3 is 29.9 Å². The number of carbonyl (C=O) groups is 3. The molecule has 16 heteroatoms. The van der Waals surface area contributed by atoms with Crippen molar-refractivity contribution in [2.45, 2.75) is 43.9 Å². The Balaban J connectivity index is 0.000000644. The Morgan fingerprint density at radius 2 is 1.66 bits per heavy atom. The van der Waals surface area contributed by atoms with Crippen molar-refractivity contribution in [1.29, 1.82) is 0 Å². The summed E-state index contributed by atoms with van der Waals surface area (Å²) in [6.07, 6.45) is -7.57. The number of likely N-dealkylation sites (tertiary alicyclic amines) is 1. The first-order valence-corrected chi connectivity index (χ1v) is 15.0. The van der Waals surface area contributed by atoms with E-state index in [1.165, 1.54) is 18.2 Å². The zero-order chi connectivity index (χ0) is 34.5. The van der Waals surface area contributed by atoms with Crippen molar-refractivity contribution < 1.29 is 50.6 Å². The lowest BCUT2D eigenvalue weighted by Gasteiger charge is -2.29. The first-order chi connectivity index (χ1) is 22.1. The fraction of sp³-hybridized carbons (Fsp3) is 0.387. The predicted molar refractivity (Wildman–Crippen MR) is 160 cm³/mol. The van der Waals surface area contributed by atoms with Crippen LogP contribution in [0.15, 0.2) is 54.6 Å². The highest BCUT2D eigenvalue weighted by molar-refractivity contribution is 6.17. The van der Waals surface area contributed by atoms with E-state index in [1.807, 2.05) is 4.57 Å². The maximum atomic E-state index is 12.9. The number of nitrogens with one attached hydrogen (secondary N) is 2. The summed E-state index contributed by atoms with van der Waals surface area (Å²) in [6.45, 7) is 2.23. The van der Waals surface area contributed by atoms with E-state index in [4.69, 9.17) is 21.5 Å². The molecule has 3 aromatic rings. The number of fused-ring (bicyclic) bond motifs is 1. The molecule has 0 aliphatic carbocycles. The summed E-state index contributed by atoms with van der Waals surface area (Å²) in [5.74, 6) is -3.20. The first kappa shape index (κ1) is 35.6. The average molecular weight is 689 g/mol. The maximum absolute atomic E-state index is 12.9. The number of piperidine rings is 1. The minimum Gasteiger partial charge on any atom is -0.475 e. The lowest BCUT2D eigenvalue weighted by atomic mass is 9.99. The number of hydrogen-bond donors (Lipinski definition) is 3. The molecule has 1 aromatic heterocycles. The molecular weight excluding hydrogens is 658 g/mol. The van der Waals surface area contributed by atoms with Crippen LogP contribution in [0.25, 0.3) is 22.4 Å². The maximum Gasteiger partial charge on any atom is 0.573 e. The summed E-state index contributed by atoms with van der Waals surface area (Å²) in [7, 11) is 2.06. The van der Waals surface area contributed by atoms with Gasteiger partial charge in [0.15, 0.2) is 0 Å². The third kappa shape index (κ3) is 9.19. The van der Waals surface area contributed by atoms with Crippen LogP contribution in [-0.2, 0) is 4.79 Å². The second-order valence-electron chi connectivity index (χ2n) is 11.0. The zero-order valence-electron chi connectivity index (χ0n) is 24.9. The van der Waals surface area contributed by atoms with Crippen molar-refractivity contribution in [3.63, 3.8) is 0 Å². The monoisotopic (exact) mass is 688 g/mol. The number of carbonyl (C=O) groups excluding carboxylic acids is 2. The van der Waals surface area contributed by atoms with Crippen molar-refractivity contribution in [3.05, 3.63) is 65.9 Å². The second-order valence-corrected chi connectivity index (χ2v) is 11.4.